The van der Waals surface area contributed by atoms with E-state index in [2.05, 4.69) is 70.8 Å². The molecule has 1 aromatic carbocycles. The second-order valence-corrected chi connectivity index (χ2v) is 17.0. The Bertz CT molecular complexity index is 2190. The zero-order valence-corrected chi connectivity index (χ0v) is 39.1. The number of piperazine rings is 1. The largest absolute Gasteiger partial charge is 0.496 e. The highest BCUT2D eigenvalue weighted by molar-refractivity contribution is 8.00. The number of ether oxygens (including phenoxy) is 4. The molecule has 368 valence electrons. The Morgan fingerprint density at radius 1 is 0.896 bits per heavy atom. The number of nitrogen functional groups attached to an aromatic ring is 1. The minimum Gasteiger partial charge on any atom is -0.496 e. The van der Waals surface area contributed by atoms with Crippen molar-refractivity contribution >= 4 is 58.4 Å². The third-order valence-corrected chi connectivity index (χ3v) is 12.0. The molecular formula is C43H65N13O10S. The number of carboxylic acid groups (broad SMARTS) is 2. The Hall–Kier alpha value is -5.79. The Labute approximate surface area is 393 Å². The summed E-state index contributed by atoms with van der Waals surface area (Å²) in [7, 11) is 1.69. The van der Waals surface area contributed by atoms with Crippen LogP contribution in [-0.4, -0.2) is 176 Å². The average molecular weight is 956 g/mol. The summed E-state index contributed by atoms with van der Waals surface area (Å²) in [4.78, 5) is 60.5. The zero-order chi connectivity index (χ0) is 48.0. The smallest absolute Gasteiger partial charge is 0.321 e. The lowest BCUT2D eigenvalue weighted by molar-refractivity contribution is -0.139. The van der Waals surface area contributed by atoms with Crippen molar-refractivity contribution in [3.05, 3.63) is 53.5 Å². The molecule has 1 aliphatic heterocycles. The molecule has 67 heavy (non-hydrogen) atoms. The van der Waals surface area contributed by atoms with Crippen molar-refractivity contribution in [2.45, 2.75) is 70.1 Å². The van der Waals surface area contributed by atoms with Crippen molar-refractivity contribution < 1.29 is 48.3 Å². The minimum absolute atomic E-state index is 0.0441. The lowest BCUT2D eigenvalue weighted by Crippen LogP contribution is -2.51. The molecule has 4 heterocycles. The monoisotopic (exact) mass is 955 g/mol. The van der Waals surface area contributed by atoms with Gasteiger partial charge >= 0.3 is 18.0 Å². The number of aromatic nitrogens is 6. The van der Waals surface area contributed by atoms with Crippen LogP contribution in [0.4, 0.5) is 16.6 Å². The topological polar surface area (TPSA) is 302 Å². The number of unbranched alkanes of at least 4 members (excludes halogenated alkanes) is 2. The summed E-state index contributed by atoms with van der Waals surface area (Å²) < 4.78 is 26.3. The van der Waals surface area contributed by atoms with Gasteiger partial charge in [0.25, 0.3) is 0 Å². The van der Waals surface area contributed by atoms with Gasteiger partial charge in [0.15, 0.2) is 5.82 Å². The predicted octanol–water partition coefficient (Wildman–Crippen LogP) is 1.45. The van der Waals surface area contributed by atoms with Crippen molar-refractivity contribution in [2.75, 3.05) is 103 Å². The molecule has 9 N–H and O–H groups in total. The number of fused-ring (bicyclic) bond motifs is 1. The van der Waals surface area contributed by atoms with Crippen molar-refractivity contribution in [2.24, 2.45) is 5.73 Å². The van der Waals surface area contributed by atoms with Crippen LogP contribution in [0, 0.1) is 0 Å². The summed E-state index contributed by atoms with van der Waals surface area (Å²) in [6.45, 7) is 10.1. The van der Waals surface area contributed by atoms with Crippen LogP contribution in [-0.2, 0) is 54.8 Å². The fourth-order valence-electron chi connectivity index (χ4n) is 7.04. The number of hydrogen-bond acceptors (Lipinski definition) is 17. The number of hydrogen-bond donors (Lipinski definition) is 7. The number of carbonyl (C=O) groups excluding carboxylic acids is 2. The number of carboxylic acids is 2. The molecule has 24 heteroatoms. The second kappa shape index (κ2) is 27.8. The normalized spacial score (nSPS) is 13.9. The fourth-order valence-corrected chi connectivity index (χ4v) is 8.03. The molecule has 0 bridgehead atoms. The molecule has 2 atom stereocenters. The van der Waals surface area contributed by atoms with E-state index in [1.54, 1.807) is 18.0 Å². The van der Waals surface area contributed by atoms with Crippen LogP contribution in [0.3, 0.4) is 0 Å². The number of urea groups is 1. The van der Waals surface area contributed by atoms with Crippen LogP contribution in [0.25, 0.3) is 11.0 Å². The van der Waals surface area contributed by atoms with Gasteiger partial charge in [-0.2, -0.15) is 4.98 Å². The van der Waals surface area contributed by atoms with Crippen molar-refractivity contribution in [3.63, 3.8) is 0 Å². The number of anilines is 2. The van der Waals surface area contributed by atoms with Crippen molar-refractivity contribution in [1.29, 1.82) is 0 Å². The molecule has 0 saturated carbocycles. The van der Waals surface area contributed by atoms with E-state index in [1.807, 2.05) is 17.2 Å². The number of thioether (sulfide) groups is 1. The maximum atomic E-state index is 12.8. The van der Waals surface area contributed by atoms with Crippen LogP contribution in [0.1, 0.15) is 49.4 Å². The first kappa shape index (κ1) is 52.2. The number of amides is 3. The maximum Gasteiger partial charge on any atom is 0.321 e. The van der Waals surface area contributed by atoms with E-state index < -0.39 is 29.1 Å². The van der Waals surface area contributed by atoms with E-state index in [9.17, 15) is 24.3 Å². The minimum atomic E-state index is -1.25. The summed E-state index contributed by atoms with van der Waals surface area (Å²) in [5.74, 6) is -1.36. The van der Waals surface area contributed by atoms with E-state index in [-0.39, 0.29) is 30.7 Å². The molecular weight excluding hydrogens is 891 g/mol. The Morgan fingerprint density at radius 3 is 2.36 bits per heavy atom. The van der Waals surface area contributed by atoms with Gasteiger partial charge in [-0.05, 0) is 24.1 Å². The molecule has 3 amide bonds. The van der Waals surface area contributed by atoms with E-state index in [0.29, 0.717) is 78.1 Å². The van der Waals surface area contributed by atoms with Gasteiger partial charge in [-0.25, -0.2) is 14.5 Å². The quantitative estimate of drug-likeness (QED) is 0.0351. The van der Waals surface area contributed by atoms with Crippen LogP contribution >= 0.6 is 11.8 Å². The Balaban J connectivity index is 0.880. The second-order valence-electron chi connectivity index (χ2n) is 15.8. The van der Waals surface area contributed by atoms with Gasteiger partial charge < -0.3 is 66.0 Å². The molecule has 1 aliphatic rings. The van der Waals surface area contributed by atoms with Crippen LogP contribution in [0.5, 0.6) is 5.75 Å². The summed E-state index contributed by atoms with van der Waals surface area (Å²) in [6, 6.07) is 6.95. The number of aliphatic carboxylic acids is 2. The van der Waals surface area contributed by atoms with Gasteiger partial charge in [-0.3, -0.25) is 19.3 Å². The summed E-state index contributed by atoms with van der Waals surface area (Å²) in [5.41, 5.74) is 15.8. The van der Waals surface area contributed by atoms with E-state index in [1.165, 1.54) is 0 Å². The first-order valence-electron chi connectivity index (χ1n) is 22.4. The highest BCUT2D eigenvalue weighted by Gasteiger charge is 2.25. The van der Waals surface area contributed by atoms with Gasteiger partial charge in [0, 0.05) is 69.7 Å². The third kappa shape index (κ3) is 17.4. The summed E-state index contributed by atoms with van der Waals surface area (Å²) >= 11 is 0.800. The number of methoxy groups -OCH3 is 1. The first-order chi connectivity index (χ1) is 32.4. The van der Waals surface area contributed by atoms with Crippen LogP contribution < -0.4 is 32.2 Å². The summed E-state index contributed by atoms with van der Waals surface area (Å²) in [5, 5.41) is 34.1. The predicted molar refractivity (Wildman–Crippen MR) is 251 cm³/mol. The van der Waals surface area contributed by atoms with Crippen LogP contribution in [0.15, 0.2) is 36.7 Å². The molecule has 23 nitrogen and oxygen atoms in total. The molecule has 1 fully saturated rings. The van der Waals surface area contributed by atoms with Gasteiger partial charge in [-0.1, -0.05) is 37.1 Å². The summed E-state index contributed by atoms with van der Waals surface area (Å²) in [6.07, 6.45) is 6.62. The number of nitrogens with zero attached hydrogens (tertiary/aromatic N) is 8. The standard InChI is InChI=1S/C43H65N13O10S/c1-3-4-5-9-46-39-38-34(49-42(45)50-39)8-11-55(38)27-31-7-6-30(23-35(31)63-2)26-53-12-14-54(15-13-53)43(62)47-10-17-64-19-21-66-22-20-65-18-16-56-28-32(51-52-56)25-48-37(57)24-36(41(60)61)67-29-33(44)40(58)59/h6-8,11,23,28,33,36H,3-5,9-10,12-22,24-27,29,44H2,1-2H3,(H,47,62)(H,48,57)(H,58,59)(H,60,61)(H3,45,46,49,50)/t33-,36+/m0/s1. The molecule has 0 radical (unpaired) electrons. The van der Waals surface area contributed by atoms with Crippen molar-refractivity contribution in [1.82, 2.24) is 50.0 Å². The molecule has 0 aliphatic carbocycles. The molecule has 1 saturated heterocycles. The van der Waals surface area contributed by atoms with E-state index >= 15 is 0 Å². The Kier molecular flexibility index (Phi) is 21.6. The van der Waals surface area contributed by atoms with Gasteiger partial charge in [-0.15, -0.1) is 16.9 Å². The lowest BCUT2D eigenvalue weighted by Gasteiger charge is -2.34. The maximum absolute atomic E-state index is 12.8. The number of carbonyl (C=O) groups is 4. The number of rotatable bonds is 31. The highest BCUT2D eigenvalue weighted by Crippen LogP contribution is 2.28. The fraction of sp³-hybridized carbons (Fsp3) is 0.581. The lowest BCUT2D eigenvalue weighted by atomic mass is 10.1. The highest BCUT2D eigenvalue weighted by atomic mass is 32.2. The van der Waals surface area contributed by atoms with E-state index in [4.69, 9.17) is 35.5 Å². The number of benzene rings is 1. The Morgan fingerprint density at radius 2 is 1.64 bits per heavy atom. The molecule has 3 aromatic heterocycles. The SMILES string of the molecule is CCCCCNc1nc(N)nc2ccn(Cc3ccc(CN4CCN(C(=O)NCCOCCOCCOCCn5cc(CNC(=O)C[C@@H](SC[C@H](N)C(=O)O)C(=O)O)nn5)CC4)cc3OC)c12. The molecule has 5 rings (SSSR count). The third-order valence-electron chi connectivity index (χ3n) is 10.7. The van der Waals surface area contributed by atoms with Gasteiger partial charge in [0.05, 0.1) is 78.1 Å². The zero-order valence-electron chi connectivity index (χ0n) is 38.3. The molecule has 0 unspecified atom stereocenters. The van der Waals surface area contributed by atoms with Gasteiger partial charge in [0.2, 0.25) is 11.9 Å². The molecule has 0 spiro atoms. The molecule has 4 aromatic rings. The number of nitrogens with two attached hydrogens (primary N) is 2. The average Bonchev–Trinajstić information content (AvgIpc) is 3.95. The first-order valence-corrected chi connectivity index (χ1v) is 23.5. The van der Waals surface area contributed by atoms with Crippen molar-refractivity contribution in [3.8, 4) is 5.75 Å². The van der Waals surface area contributed by atoms with Crippen LogP contribution in [0.2, 0.25) is 0 Å². The van der Waals surface area contributed by atoms with Gasteiger partial charge in [0.1, 0.15) is 28.3 Å². The van der Waals surface area contributed by atoms with E-state index in [0.717, 1.165) is 90.9 Å². The number of nitrogens with one attached hydrogen (secondary N) is 3.